The molecule has 0 saturated heterocycles. The van der Waals surface area contributed by atoms with Crippen LogP contribution in [0.2, 0.25) is 0 Å². The van der Waals surface area contributed by atoms with Crippen LogP contribution in [0.15, 0.2) is 18.2 Å². The first-order valence-electron chi connectivity index (χ1n) is 8.06. The highest BCUT2D eigenvalue weighted by atomic mass is 16.3. The van der Waals surface area contributed by atoms with Crippen molar-refractivity contribution in [1.29, 1.82) is 0 Å². The van der Waals surface area contributed by atoms with Crippen LogP contribution in [0.1, 0.15) is 48.9 Å². The van der Waals surface area contributed by atoms with Gasteiger partial charge in [-0.05, 0) is 50.3 Å². The number of amides is 2. The third-order valence-electron chi connectivity index (χ3n) is 5.04. The van der Waals surface area contributed by atoms with E-state index < -0.39 is 0 Å². The number of carbonyl (C=O) groups excluding carboxylic acids is 1. The highest BCUT2D eigenvalue weighted by molar-refractivity contribution is 5.74. The first-order chi connectivity index (χ1) is 10.4. The molecule has 1 aromatic rings. The van der Waals surface area contributed by atoms with Crippen molar-refractivity contribution in [1.82, 2.24) is 10.2 Å². The molecule has 1 aliphatic rings. The highest BCUT2D eigenvalue weighted by Gasteiger charge is 2.38. The Hall–Kier alpha value is -1.55. The smallest absolute Gasteiger partial charge is 0.317 e. The second-order valence-electron chi connectivity index (χ2n) is 6.88. The summed E-state index contributed by atoms with van der Waals surface area (Å²) in [4.78, 5) is 14.0. The molecule has 0 heterocycles. The topological polar surface area (TPSA) is 52.6 Å². The molecule has 1 aromatic carbocycles. The summed E-state index contributed by atoms with van der Waals surface area (Å²) in [7, 11) is 1.80. The lowest BCUT2D eigenvalue weighted by atomic mass is 9.69. The van der Waals surface area contributed by atoms with Crippen molar-refractivity contribution in [3.8, 4) is 0 Å². The van der Waals surface area contributed by atoms with Gasteiger partial charge < -0.3 is 15.3 Å². The molecule has 1 aliphatic carbocycles. The third kappa shape index (κ3) is 3.61. The van der Waals surface area contributed by atoms with Crippen LogP contribution in [0.3, 0.4) is 0 Å². The maximum Gasteiger partial charge on any atom is 0.317 e. The minimum absolute atomic E-state index is 0.0271. The first kappa shape index (κ1) is 16.8. The highest BCUT2D eigenvalue weighted by Crippen LogP contribution is 2.40. The summed E-state index contributed by atoms with van der Waals surface area (Å²) in [5.74, 6) is 0. The summed E-state index contributed by atoms with van der Waals surface area (Å²) < 4.78 is 0. The lowest BCUT2D eigenvalue weighted by Gasteiger charge is -2.42. The van der Waals surface area contributed by atoms with E-state index in [9.17, 15) is 9.90 Å². The summed E-state index contributed by atoms with van der Waals surface area (Å²) >= 11 is 0. The van der Waals surface area contributed by atoms with Crippen LogP contribution >= 0.6 is 0 Å². The molecule has 22 heavy (non-hydrogen) atoms. The Kier molecular flexibility index (Phi) is 5.12. The summed E-state index contributed by atoms with van der Waals surface area (Å²) in [6.45, 7) is 6.96. The van der Waals surface area contributed by atoms with Crippen LogP contribution in [-0.2, 0) is 0 Å². The van der Waals surface area contributed by atoms with Crippen molar-refractivity contribution < 1.29 is 9.90 Å². The molecule has 0 spiro atoms. The molecule has 0 aromatic heterocycles. The van der Waals surface area contributed by atoms with Crippen LogP contribution in [0.4, 0.5) is 4.79 Å². The number of carbonyl (C=O) groups is 1. The van der Waals surface area contributed by atoms with Crippen molar-refractivity contribution in [2.24, 2.45) is 5.41 Å². The SMILES string of the molecule is Cc1ccc([C@@H](C)NC(=O)N(C)CC2(CO)CCC2)cc1C. The Morgan fingerprint density at radius 1 is 1.36 bits per heavy atom. The molecule has 2 amide bonds. The molecule has 0 unspecified atom stereocenters. The van der Waals surface area contributed by atoms with Crippen molar-refractivity contribution in [3.63, 3.8) is 0 Å². The Bertz CT molecular complexity index is 532. The second-order valence-corrected chi connectivity index (χ2v) is 6.88. The number of hydrogen-bond donors (Lipinski definition) is 2. The molecule has 4 heteroatoms. The Balaban J connectivity index is 1.94. The largest absolute Gasteiger partial charge is 0.396 e. The molecule has 2 rings (SSSR count). The van der Waals surface area contributed by atoms with Gasteiger partial charge in [0.1, 0.15) is 0 Å². The zero-order valence-electron chi connectivity index (χ0n) is 14.1. The van der Waals surface area contributed by atoms with Gasteiger partial charge in [0, 0.05) is 19.0 Å². The van der Waals surface area contributed by atoms with Crippen molar-refractivity contribution >= 4 is 6.03 Å². The molecule has 1 atom stereocenters. The van der Waals surface area contributed by atoms with E-state index in [2.05, 4.69) is 37.4 Å². The monoisotopic (exact) mass is 304 g/mol. The normalized spacial score (nSPS) is 17.5. The quantitative estimate of drug-likeness (QED) is 0.878. The summed E-state index contributed by atoms with van der Waals surface area (Å²) in [6.07, 6.45) is 3.16. The number of benzene rings is 1. The molecule has 2 N–H and O–H groups in total. The maximum absolute atomic E-state index is 12.3. The number of rotatable bonds is 5. The van der Waals surface area contributed by atoms with Gasteiger partial charge >= 0.3 is 6.03 Å². The van der Waals surface area contributed by atoms with Gasteiger partial charge in [-0.3, -0.25) is 0 Å². The zero-order valence-corrected chi connectivity index (χ0v) is 14.1. The Morgan fingerprint density at radius 3 is 2.55 bits per heavy atom. The first-order valence-corrected chi connectivity index (χ1v) is 8.06. The predicted molar refractivity (Wildman–Crippen MR) is 88.9 cm³/mol. The van der Waals surface area contributed by atoms with Crippen molar-refractivity contribution in [2.45, 2.75) is 46.1 Å². The van der Waals surface area contributed by atoms with Gasteiger partial charge in [0.2, 0.25) is 0 Å². The molecule has 1 saturated carbocycles. The molecule has 122 valence electrons. The molecule has 0 radical (unpaired) electrons. The predicted octanol–water partition coefficient (Wildman–Crippen LogP) is 3.17. The van der Waals surface area contributed by atoms with E-state index in [-0.39, 0.29) is 24.1 Å². The second kappa shape index (κ2) is 6.69. The standard InChI is InChI=1S/C18H28N2O2/c1-13-6-7-16(10-14(13)2)15(3)19-17(22)20(4)11-18(12-21)8-5-9-18/h6-7,10,15,21H,5,8-9,11-12H2,1-4H3,(H,19,22)/t15-/m1/s1. The lowest BCUT2D eigenvalue weighted by molar-refractivity contribution is 0.0227. The van der Waals surface area contributed by atoms with Gasteiger partial charge in [-0.15, -0.1) is 0 Å². The molecule has 4 nitrogen and oxygen atoms in total. The molecule has 1 fully saturated rings. The number of nitrogens with one attached hydrogen (secondary N) is 1. The maximum atomic E-state index is 12.3. The fraction of sp³-hybridized carbons (Fsp3) is 0.611. The van der Waals surface area contributed by atoms with Crippen LogP contribution in [0.25, 0.3) is 0 Å². The molecular formula is C18H28N2O2. The van der Waals surface area contributed by atoms with E-state index in [1.165, 1.54) is 11.1 Å². The number of aliphatic hydroxyl groups is 1. The number of hydrogen-bond acceptors (Lipinski definition) is 2. The Labute approximate surface area is 133 Å². The number of aliphatic hydroxyl groups excluding tert-OH is 1. The average Bonchev–Trinajstić information content (AvgIpc) is 2.45. The van der Waals surface area contributed by atoms with E-state index in [0.717, 1.165) is 24.8 Å². The van der Waals surface area contributed by atoms with Gasteiger partial charge in [0.25, 0.3) is 0 Å². The average molecular weight is 304 g/mol. The van der Waals surface area contributed by atoms with Crippen LogP contribution in [0.5, 0.6) is 0 Å². The van der Waals surface area contributed by atoms with Crippen LogP contribution in [-0.4, -0.2) is 36.2 Å². The Morgan fingerprint density at radius 2 is 2.05 bits per heavy atom. The van der Waals surface area contributed by atoms with Crippen molar-refractivity contribution in [2.75, 3.05) is 20.2 Å². The fourth-order valence-electron chi connectivity index (χ4n) is 3.03. The van der Waals surface area contributed by atoms with Gasteiger partial charge in [0.15, 0.2) is 0 Å². The van der Waals surface area contributed by atoms with Gasteiger partial charge in [-0.25, -0.2) is 4.79 Å². The van der Waals surface area contributed by atoms with Gasteiger partial charge in [-0.2, -0.15) is 0 Å². The van der Waals surface area contributed by atoms with Crippen LogP contribution < -0.4 is 5.32 Å². The van der Waals surface area contributed by atoms with Crippen LogP contribution in [0, 0.1) is 19.3 Å². The number of urea groups is 1. The fourth-order valence-corrected chi connectivity index (χ4v) is 3.03. The minimum atomic E-state index is -0.0783. The van der Waals surface area contributed by atoms with Crippen molar-refractivity contribution in [3.05, 3.63) is 34.9 Å². The lowest BCUT2D eigenvalue weighted by Crippen LogP contribution is -2.48. The number of nitrogens with zero attached hydrogens (tertiary/aromatic N) is 1. The third-order valence-corrected chi connectivity index (χ3v) is 5.04. The van der Waals surface area contributed by atoms with Gasteiger partial charge in [-0.1, -0.05) is 24.6 Å². The summed E-state index contributed by atoms with van der Waals surface area (Å²) in [5, 5.41) is 12.6. The molecule has 0 bridgehead atoms. The van der Waals surface area contributed by atoms with E-state index >= 15 is 0 Å². The number of aryl methyl sites for hydroxylation is 2. The minimum Gasteiger partial charge on any atom is -0.396 e. The van der Waals surface area contributed by atoms with E-state index in [0.29, 0.717) is 6.54 Å². The van der Waals surface area contributed by atoms with E-state index in [1.54, 1.807) is 11.9 Å². The summed E-state index contributed by atoms with van der Waals surface area (Å²) in [6, 6.07) is 6.17. The summed E-state index contributed by atoms with van der Waals surface area (Å²) in [5.41, 5.74) is 3.54. The zero-order chi connectivity index (χ0) is 16.3. The van der Waals surface area contributed by atoms with E-state index in [4.69, 9.17) is 0 Å². The van der Waals surface area contributed by atoms with E-state index in [1.807, 2.05) is 6.92 Å². The molecule has 0 aliphatic heterocycles. The molecular weight excluding hydrogens is 276 g/mol. The van der Waals surface area contributed by atoms with Gasteiger partial charge in [0.05, 0.1) is 12.6 Å².